The van der Waals surface area contributed by atoms with Gasteiger partial charge in [-0.1, -0.05) is 6.92 Å². The van der Waals surface area contributed by atoms with Crippen molar-refractivity contribution in [3.8, 4) is 0 Å². The van der Waals surface area contributed by atoms with Gasteiger partial charge in [-0.25, -0.2) is 9.18 Å². The van der Waals surface area contributed by atoms with Crippen LogP contribution in [0.2, 0.25) is 0 Å². The Morgan fingerprint density at radius 2 is 2.00 bits per heavy atom. The van der Waals surface area contributed by atoms with E-state index in [1.807, 2.05) is 6.92 Å². The summed E-state index contributed by atoms with van der Waals surface area (Å²) in [6.45, 7) is 2.21. The molecule has 112 valence electrons. The van der Waals surface area contributed by atoms with Gasteiger partial charge in [-0.3, -0.25) is 0 Å². The Morgan fingerprint density at radius 3 is 2.50 bits per heavy atom. The molecular weight excluding hydrogens is 278 g/mol. The van der Waals surface area contributed by atoms with Gasteiger partial charge in [0.05, 0.1) is 12.7 Å². The quantitative estimate of drug-likeness (QED) is 0.670. The van der Waals surface area contributed by atoms with Crippen molar-refractivity contribution in [2.75, 3.05) is 13.7 Å². The van der Waals surface area contributed by atoms with Crippen LogP contribution in [0.1, 0.15) is 30.5 Å². The van der Waals surface area contributed by atoms with Crippen molar-refractivity contribution in [2.24, 2.45) is 0 Å². The Kier molecular flexibility index (Phi) is 5.50. The molecule has 20 heavy (non-hydrogen) atoms. The molecule has 1 aromatic carbocycles. The topological polar surface area (TPSA) is 38.3 Å². The van der Waals surface area contributed by atoms with Gasteiger partial charge in [0.2, 0.25) is 0 Å². The minimum Gasteiger partial charge on any atom is -0.468 e. The summed E-state index contributed by atoms with van der Waals surface area (Å²) in [4.78, 5) is 11.6. The number of carbonyl (C=O) groups excluding carboxylic acids is 1. The number of benzene rings is 1. The number of rotatable bonds is 5. The van der Waals surface area contributed by atoms with Crippen LogP contribution in [0.4, 0.5) is 17.6 Å². The van der Waals surface area contributed by atoms with Crippen LogP contribution in [0.25, 0.3) is 0 Å². The lowest BCUT2D eigenvalue weighted by Crippen LogP contribution is -2.30. The maximum Gasteiger partial charge on any atom is 0.416 e. The molecule has 0 bridgehead atoms. The van der Waals surface area contributed by atoms with Gasteiger partial charge in [-0.05, 0) is 36.7 Å². The molecule has 0 radical (unpaired) electrons. The molecule has 0 saturated heterocycles. The van der Waals surface area contributed by atoms with Crippen LogP contribution in [0, 0.1) is 5.82 Å². The largest absolute Gasteiger partial charge is 0.468 e. The van der Waals surface area contributed by atoms with Crippen molar-refractivity contribution in [3.05, 3.63) is 35.1 Å². The average molecular weight is 293 g/mol. The van der Waals surface area contributed by atoms with Crippen molar-refractivity contribution in [1.29, 1.82) is 0 Å². The van der Waals surface area contributed by atoms with E-state index in [9.17, 15) is 22.4 Å². The first kappa shape index (κ1) is 16.4. The van der Waals surface area contributed by atoms with Crippen LogP contribution in [0.3, 0.4) is 0 Å². The van der Waals surface area contributed by atoms with Crippen molar-refractivity contribution >= 4 is 5.97 Å². The van der Waals surface area contributed by atoms with E-state index in [0.29, 0.717) is 19.0 Å². The highest BCUT2D eigenvalue weighted by Crippen LogP contribution is 2.32. The zero-order valence-corrected chi connectivity index (χ0v) is 11.1. The highest BCUT2D eigenvalue weighted by atomic mass is 19.4. The summed E-state index contributed by atoms with van der Waals surface area (Å²) in [6, 6.07) is 0.890. The van der Waals surface area contributed by atoms with Gasteiger partial charge < -0.3 is 10.1 Å². The highest BCUT2D eigenvalue weighted by Gasteiger charge is 2.33. The number of halogens is 4. The standard InChI is InChI=1S/C13H15F4NO2/c1-3-4-18-11(12(19)20-2)8-5-9(13(15,16)17)7-10(14)6-8/h5-7,11,18H,3-4H2,1-2H3. The fourth-order valence-corrected chi connectivity index (χ4v) is 1.69. The normalized spacial score (nSPS) is 13.1. The molecule has 3 nitrogen and oxygen atoms in total. The summed E-state index contributed by atoms with van der Waals surface area (Å²) in [7, 11) is 1.12. The summed E-state index contributed by atoms with van der Waals surface area (Å²) in [5.74, 6) is -1.82. The number of hydrogen-bond donors (Lipinski definition) is 1. The summed E-state index contributed by atoms with van der Waals surface area (Å²) in [6.07, 6.45) is -4.02. The lowest BCUT2D eigenvalue weighted by atomic mass is 10.0. The second kappa shape index (κ2) is 6.69. The molecule has 1 aromatic rings. The number of methoxy groups -OCH3 is 1. The van der Waals surface area contributed by atoms with Gasteiger partial charge in [0.25, 0.3) is 0 Å². The minimum absolute atomic E-state index is 0.113. The number of esters is 1. The van der Waals surface area contributed by atoms with E-state index >= 15 is 0 Å². The molecular formula is C13H15F4NO2. The SMILES string of the molecule is CCCNC(C(=O)OC)c1cc(F)cc(C(F)(F)F)c1. The number of hydrogen-bond acceptors (Lipinski definition) is 3. The summed E-state index contributed by atoms with van der Waals surface area (Å²) < 4.78 is 55.8. The smallest absolute Gasteiger partial charge is 0.416 e. The zero-order valence-electron chi connectivity index (χ0n) is 11.1. The first-order chi connectivity index (χ1) is 9.29. The fourth-order valence-electron chi connectivity index (χ4n) is 1.69. The van der Waals surface area contributed by atoms with E-state index in [1.165, 1.54) is 0 Å². The van der Waals surface area contributed by atoms with Crippen LogP contribution in [0.5, 0.6) is 0 Å². The lowest BCUT2D eigenvalue weighted by molar-refractivity contribution is -0.144. The Hall–Kier alpha value is -1.63. The van der Waals surface area contributed by atoms with E-state index in [0.717, 1.165) is 19.2 Å². The zero-order chi connectivity index (χ0) is 15.3. The molecule has 0 aliphatic carbocycles. The number of nitrogens with one attached hydrogen (secondary N) is 1. The predicted octanol–water partition coefficient (Wildman–Crippen LogP) is 3.06. The van der Waals surface area contributed by atoms with Gasteiger partial charge in [-0.2, -0.15) is 13.2 Å². The molecule has 1 atom stereocenters. The average Bonchev–Trinajstić information content (AvgIpc) is 2.37. The van der Waals surface area contributed by atoms with Crippen molar-refractivity contribution in [1.82, 2.24) is 5.32 Å². The monoisotopic (exact) mass is 293 g/mol. The third kappa shape index (κ3) is 4.19. The molecule has 1 rings (SSSR count). The first-order valence-electron chi connectivity index (χ1n) is 5.98. The molecule has 0 spiro atoms. The number of carbonyl (C=O) groups is 1. The van der Waals surface area contributed by atoms with Crippen molar-refractivity contribution in [3.63, 3.8) is 0 Å². The first-order valence-corrected chi connectivity index (χ1v) is 5.98. The van der Waals surface area contributed by atoms with Crippen molar-refractivity contribution < 1.29 is 27.1 Å². The molecule has 7 heteroatoms. The van der Waals surface area contributed by atoms with Gasteiger partial charge in [0.1, 0.15) is 11.9 Å². The summed E-state index contributed by atoms with van der Waals surface area (Å²) in [5, 5.41) is 2.73. The summed E-state index contributed by atoms with van der Waals surface area (Å²) in [5.41, 5.74) is -1.25. The van der Waals surface area contributed by atoms with Crippen LogP contribution in [-0.4, -0.2) is 19.6 Å². The molecule has 1 N–H and O–H groups in total. The molecule has 0 aromatic heterocycles. The molecule has 0 fully saturated rings. The van der Waals surface area contributed by atoms with Crippen LogP contribution in [0.15, 0.2) is 18.2 Å². The van der Waals surface area contributed by atoms with E-state index in [2.05, 4.69) is 10.1 Å². The molecule has 0 saturated carbocycles. The lowest BCUT2D eigenvalue weighted by Gasteiger charge is -2.18. The number of ether oxygens (including phenoxy) is 1. The Balaban J connectivity index is 3.19. The van der Waals surface area contributed by atoms with Crippen LogP contribution < -0.4 is 5.32 Å². The third-order valence-corrected chi connectivity index (χ3v) is 2.62. The molecule has 0 heterocycles. The Labute approximate surface area is 113 Å². The predicted molar refractivity (Wildman–Crippen MR) is 64.5 cm³/mol. The van der Waals surface area contributed by atoms with E-state index in [4.69, 9.17) is 0 Å². The maximum atomic E-state index is 13.3. The highest BCUT2D eigenvalue weighted by molar-refractivity contribution is 5.77. The molecule has 0 aliphatic rings. The van der Waals surface area contributed by atoms with Crippen LogP contribution in [-0.2, 0) is 15.7 Å². The van der Waals surface area contributed by atoms with E-state index < -0.39 is 29.6 Å². The van der Waals surface area contributed by atoms with Gasteiger partial charge in [-0.15, -0.1) is 0 Å². The minimum atomic E-state index is -4.68. The van der Waals surface area contributed by atoms with Gasteiger partial charge >= 0.3 is 12.1 Å². The maximum absolute atomic E-state index is 13.3. The van der Waals surface area contributed by atoms with Gasteiger partial charge in [0, 0.05) is 0 Å². The molecule has 0 amide bonds. The Bertz CT molecular complexity index is 474. The van der Waals surface area contributed by atoms with E-state index in [-0.39, 0.29) is 5.56 Å². The summed E-state index contributed by atoms with van der Waals surface area (Å²) >= 11 is 0. The molecule has 1 unspecified atom stereocenters. The van der Waals surface area contributed by atoms with Crippen LogP contribution >= 0.6 is 0 Å². The second-order valence-corrected chi connectivity index (χ2v) is 4.18. The van der Waals surface area contributed by atoms with Crippen molar-refractivity contribution in [2.45, 2.75) is 25.6 Å². The third-order valence-electron chi connectivity index (χ3n) is 2.62. The van der Waals surface area contributed by atoms with Gasteiger partial charge in [0.15, 0.2) is 0 Å². The molecule has 0 aliphatic heterocycles. The second-order valence-electron chi connectivity index (χ2n) is 4.18. The Morgan fingerprint density at radius 1 is 1.35 bits per heavy atom. The fraction of sp³-hybridized carbons (Fsp3) is 0.462. The van der Waals surface area contributed by atoms with E-state index in [1.54, 1.807) is 0 Å². The number of alkyl halides is 3.